The van der Waals surface area contributed by atoms with Gasteiger partial charge in [0, 0.05) is 7.05 Å². The van der Waals surface area contributed by atoms with E-state index in [0.29, 0.717) is 5.56 Å². The van der Waals surface area contributed by atoms with Gasteiger partial charge in [0.2, 0.25) is 0 Å². The van der Waals surface area contributed by atoms with Gasteiger partial charge in [0.15, 0.2) is 0 Å². The van der Waals surface area contributed by atoms with Crippen molar-refractivity contribution in [2.24, 2.45) is 5.84 Å². The molecule has 0 aliphatic carbocycles. The van der Waals surface area contributed by atoms with Gasteiger partial charge in [-0.25, -0.2) is 10.6 Å². The third kappa shape index (κ3) is 2.78. The molecule has 0 radical (unpaired) electrons. The fourth-order valence-corrected chi connectivity index (χ4v) is 1.58. The standard InChI is InChI=1S/C12H12N4O3/c1-16(13)8-4-2-7(3-5-8)6-9-10(17)14-12(19)15-11(9)18/h2-6H,13H2,1H3,(H2,14,15,17,18,19). The van der Waals surface area contributed by atoms with Crippen LogP contribution in [0.1, 0.15) is 5.56 Å². The van der Waals surface area contributed by atoms with Crippen LogP contribution in [0.2, 0.25) is 0 Å². The van der Waals surface area contributed by atoms with Crippen molar-refractivity contribution in [2.45, 2.75) is 0 Å². The SMILES string of the molecule is CN(N)c1ccc(C=C2C(=O)NC(=O)NC2=O)cc1. The summed E-state index contributed by atoms with van der Waals surface area (Å²) in [5.74, 6) is 4.13. The van der Waals surface area contributed by atoms with E-state index >= 15 is 0 Å². The molecule has 7 nitrogen and oxygen atoms in total. The second kappa shape index (κ2) is 4.91. The number of carbonyl (C=O) groups is 3. The molecule has 1 aliphatic heterocycles. The van der Waals surface area contributed by atoms with E-state index in [1.54, 1.807) is 31.3 Å². The minimum Gasteiger partial charge on any atom is -0.314 e. The van der Waals surface area contributed by atoms with Crippen molar-refractivity contribution >= 4 is 29.6 Å². The molecule has 0 atom stereocenters. The Balaban J connectivity index is 2.27. The number of carbonyl (C=O) groups excluding carboxylic acids is 3. The molecular formula is C12H12N4O3. The molecule has 1 aliphatic rings. The summed E-state index contributed by atoms with van der Waals surface area (Å²) in [4.78, 5) is 33.9. The highest BCUT2D eigenvalue weighted by Crippen LogP contribution is 2.14. The third-order valence-electron chi connectivity index (χ3n) is 2.55. The Labute approximate surface area is 109 Å². The Kier molecular flexibility index (Phi) is 3.30. The summed E-state index contributed by atoms with van der Waals surface area (Å²) in [6.07, 6.45) is 1.40. The van der Waals surface area contributed by atoms with Gasteiger partial charge in [-0.3, -0.25) is 20.2 Å². The second-order valence-corrected chi connectivity index (χ2v) is 4.00. The van der Waals surface area contributed by atoms with Crippen molar-refractivity contribution < 1.29 is 14.4 Å². The topological polar surface area (TPSA) is 105 Å². The first-order valence-electron chi connectivity index (χ1n) is 5.44. The van der Waals surface area contributed by atoms with E-state index in [4.69, 9.17) is 5.84 Å². The molecule has 1 aromatic carbocycles. The quantitative estimate of drug-likeness (QED) is 0.294. The van der Waals surface area contributed by atoms with Crippen molar-refractivity contribution in [1.82, 2.24) is 10.6 Å². The number of amides is 4. The minimum atomic E-state index is -0.813. The third-order valence-corrected chi connectivity index (χ3v) is 2.55. The van der Waals surface area contributed by atoms with Gasteiger partial charge >= 0.3 is 6.03 Å². The summed E-state index contributed by atoms with van der Waals surface area (Å²) in [5, 5.41) is 5.45. The highest BCUT2D eigenvalue weighted by molar-refractivity contribution is 6.31. The van der Waals surface area contributed by atoms with Gasteiger partial charge < -0.3 is 5.01 Å². The number of barbiturate groups is 1. The lowest BCUT2D eigenvalue weighted by Gasteiger charge is -2.14. The van der Waals surface area contributed by atoms with Crippen LogP contribution in [0.25, 0.3) is 6.08 Å². The number of nitrogens with one attached hydrogen (secondary N) is 2. The average molecular weight is 260 g/mol. The number of nitrogens with two attached hydrogens (primary N) is 1. The molecule has 4 amide bonds. The van der Waals surface area contributed by atoms with Crippen LogP contribution in [0.5, 0.6) is 0 Å². The molecule has 7 heteroatoms. The summed E-state index contributed by atoms with van der Waals surface area (Å²) in [6, 6.07) is 6.10. The number of rotatable bonds is 2. The van der Waals surface area contributed by atoms with Crippen molar-refractivity contribution in [3.8, 4) is 0 Å². The van der Waals surface area contributed by atoms with Crippen molar-refractivity contribution in [2.75, 3.05) is 12.1 Å². The van der Waals surface area contributed by atoms with Crippen LogP contribution < -0.4 is 21.5 Å². The molecule has 1 heterocycles. The second-order valence-electron chi connectivity index (χ2n) is 4.00. The van der Waals surface area contributed by atoms with Gasteiger partial charge in [-0.15, -0.1) is 0 Å². The highest BCUT2D eigenvalue weighted by Gasteiger charge is 2.27. The zero-order valence-electron chi connectivity index (χ0n) is 10.1. The molecule has 1 fully saturated rings. The average Bonchev–Trinajstić information content (AvgIpc) is 2.34. The zero-order chi connectivity index (χ0) is 14.0. The van der Waals surface area contributed by atoms with E-state index in [0.717, 1.165) is 5.69 Å². The Morgan fingerprint density at radius 2 is 1.58 bits per heavy atom. The molecule has 0 saturated carbocycles. The summed E-state index contributed by atoms with van der Waals surface area (Å²) < 4.78 is 0. The molecule has 1 aromatic rings. The van der Waals surface area contributed by atoms with Gasteiger partial charge in [-0.2, -0.15) is 0 Å². The Bertz CT molecular complexity index is 553. The summed E-state index contributed by atoms with van der Waals surface area (Å²) in [6.45, 7) is 0. The van der Waals surface area contributed by atoms with Crippen LogP contribution >= 0.6 is 0 Å². The molecule has 0 bridgehead atoms. The first kappa shape index (κ1) is 12.8. The lowest BCUT2D eigenvalue weighted by Crippen LogP contribution is -2.51. The number of anilines is 1. The maximum absolute atomic E-state index is 11.5. The molecular weight excluding hydrogens is 248 g/mol. The van der Waals surface area contributed by atoms with Gasteiger partial charge in [0.25, 0.3) is 11.8 Å². The first-order valence-corrected chi connectivity index (χ1v) is 5.44. The van der Waals surface area contributed by atoms with Crippen LogP contribution in [-0.4, -0.2) is 24.9 Å². The van der Waals surface area contributed by atoms with Gasteiger partial charge in [-0.05, 0) is 23.8 Å². The minimum absolute atomic E-state index is 0.117. The maximum Gasteiger partial charge on any atom is 0.328 e. The van der Waals surface area contributed by atoms with Gasteiger partial charge in [0.05, 0.1) is 5.69 Å². The molecule has 4 N–H and O–H groups in total. The zero-order valence-corrected chi connectivity index (χ0v) is 10.1. The predicted octanol–water partition coefficient (Wildman–Crippen LogP) is -0.254. The van der Waals surface area contributed by atoms with E-state index in [9.17, 15) is 14.4 Å². The van der Waals surface area contributed by atoms with E-state index in [1.807, 2.05) is 10.6 Å². The molecule has 0 aromatic heterocycles. The lowest BCUT2D eigenvalue weighted by atomic mass is 10.1. The van der Waals surface area contributed by atoms with Crippen molar-refractivity contribution in [3.05, 3.63) is 35.4 Å². The molecule has 19 heavy (non-hydrogen) atoms. The Morgan fingerprint density at radius 1 is 1.05 bits per heavy atom. The van der Waals surface area contributed by atoms with Crippen LogP contribution in [0.4, 0.5) is 10.5 Å². The number of hydrazine groups is 1. The maximum atomic E-state index is 11.5. The first-order chi connectivity index (χ1) is 8.97. The number of imide groups is 2. The van der Waals surface area contributed by atoms with E-state index < -0.39 is 17.8 Å². The van der Waals surface area contributed by atoms with Crippen molar-refractivity contribution in [3.63, 3.8) is 0 Å². The summed E-state index contributed by atoms with van der Waals surface area (Å²) in [7, 11) is 1.70. The number of hydrogen-bond acceptors (Lipinski definition) is 5. The van der Waals surface area contributed by atoms with Crippen LogP contribution in [0.3, 0.4) is 0 Å². The fourth-order valence-electron chi connectivity index (χ4n) is 1.58. The molecule has 98 valence electrons. The van der Waals surface area contributed by atoms with Crippen LogP contribution in [-0.2, 0) is 9.59 Å². The van der Waals surface area contributed by atoms with Crippen LogP contribution in [0, 0.1) is 0 Å². The van der Waals surface area contributed by atoms with E-state index in [-0.39, 0.29) is 5.57 Å². The van der Waals surface area contributed by atoms with E-state index in [1.165, 1.54) is 11.1 Å². The Morgan fingerprint density at radius 3 is 2.05 bits per heavy atom. The Hall–Kier alpha value is -2.67. The van der Waals surface area contributed by atoms with Crippen molar-refractivity contribution in [1.29, 1.82) is 0 Å². The number of benzene rings is 1. The fraction of sp³-hybridized carbons (Fsp3) is 0.0833. The smallest absolute Gasteiger partial charge is 0.314 e. The summed E-state index contributed by atoms with van der Waals surface area (Å²) in [5.41, 5.74) is 1.32. The monoisotopic (exact) mass is 260 g/mol. The van der Waals surface area contributed by atoms with E-state index in [2.05, 4.69) is 0 Å². The van der Waals surface area contributed by atoms with Gasteiger partial charge in [-0.1, -0.05) is 12.1 Å². The normalized spacial score (nSPS) is 14.8. The van der Waals surface area contributed by atoms with Gasteiger partial charge in [0.1, 0.15) is 5.57 Å². The number of hydrogen-bond donors (Lipinski definition) is 3. The molecule has 0 unspecified atom stereocenters. The highest BCUT2D eigenvalue weighted by atomic mass is 16.2. The predicted molar refractivity (Wildman–Crippen MR) is 68.7 cm³/mol. The number of urea groups is 1. The summed E-state index contributed by atoms with van der Waals surface area (Å²) >= 11 is 0. The molecule has 2 rings (SSSR count). The lowest BCUT2D eigenvalue weighted by molar-refractivity contribution is -0.123. The van der Waals surface area contributed by atoms with Crippen LogP contribution in [0.15, 0.2) is 29.8 Å². The largest absolute Gasteiger partial charge is 0.328 e. The number of nitrogens with zero attached hydrogens (tertiary/aromatic N) is 1. The molecule has 0 spiro atoms. The molecule has 1 saturated heterocycles.